The Hall–Kier alpha value is -2.31. The highest BCUT2D eigenvalue weighted by atomic mass is 32.2. The molecule has 2 N–H and O–H groups in total. The molecule has 1 atom stereocenters. The Morgan fingerprint density at radius 3 is 2.64 bits per heavy atom. The molecule has 2 aromatic rings. The van der Waals surface area contributed by atoms with Crippen molar-refractivity contribution in [2.75, 3.05) is 23.7 Å². The van der Waals surface area contributed by atoms with Crippen molar-refractivity contribution < 1.29 is 9.59 Å². The predicted molar refractivity (Wildman–Crippen MR) is 114 cm³/mol. The number of benzene rings is 2. The second-order valence-corrected chi connectivity index (χ2v) is 8.83. The van der Waals surface area contributed by atoms with Crippen molar-refractivity contribution in [1.82, 2.24) is 4.90 Å². The average molecular weight is 396 g/mol. The molecule has 2 heterocycles. The molecule has 0 spiro atoms. The van der Waals surface area contributed by atoms with Crippen LogP contribution in [0.1, 0.15) is 42.1 Å². The average Bonchev–Trinajstić information content (AvgIpc) is 2.71. The summed E-state index contributed by atoms with van der Waals surface area (Å²) in [5.41, 5.74) is 3.28. The maximum absolute atomic E-state index is 12.6. The van der Waals surface area contributed by atoms with Crippen molar-refractivity contribution in [3.8, 4) is 0 Å². The van der Waals surface area contributed by atoms with Gasteiger partial charge in [-0.15, -0.1) is 11.8 Å². The molecule has 4 rings (SSSR count). The molecule has 6 heteroatoms. The lowest BCUT2D eigenvalue weighted by molar-refractivity contribution is -0.115. The lowest BCUT2D eigenvalue weighted by Crippen LogP contribution is -2.29. The van der Waals surface area contributed by atoms with Gasteiger partial charge in [-0.25, -0.2) is 0 Å². The number of amides is 2. The van der Waals surface area contributed by atoms with Crippen LogP contribution in [0.2, 0.25) is 0 Å². The molecule has 2 aliphatic heterocycles. The maximum atomic E-state index is 12.6. The van der Waals surface area contributed by atoms with Crippen molar-refractivity contribution in [2.24, 2.45) is 0 Å². The summed E-state index contributed by atoms with van der Waals surface area (Å²) in [6, 6.07) is 13.5. The minimum atomic E-state index is -0.176. The number of nitrogens with zero attached hydrogens (tertiary/aromatic N) is 1. The van der Waals surface area contributed by atoms with E-state index in [-0.39, 0.29) is 17.1 Å². The van der Waals surface area contributed by atoms with Gasteiger partial charge in [0.05, 0.1) is 10.9 Å². The van der Waals surface area contributed by atoms with Gasteiger partial charge in [0.25, 0.3) is 5.91 Å². The molecule has 0 aromatic heterocycles. The van der Waals surface area contributed by atoms with Gasteiger partial charge in [0, 0.05) is 22.7 Å². The molecule has 0 radical (unpaired) electrons. The smallest absolute Gasteiger partial charge is 0.255 e. The Morgan fingerprint density at radius 2 is 1.89 bits per heavy atom. The van der Waals surface area contributed by atoms with Gasteiger partial charge in [-0.2, -0.15) is 0 Å². The van der Waals surface area contributed by atoms with Gasteiger partial charge in [-0.1, -0.05) is 18.6 Å². The van der Waals surface area contributed by atoms with Crippen molar-refractivity contribution in [3.05, 3.63) is 53.6 Å². The Morgan fingerprint density at radius 1 is 1.14 bits per heavy atom. The molecular formula is C22H25N3O2S. The number of carbonyl (C=O) groups excluding carboxylic acids is 2. The second kappa shape index (κ2) is 8.37. The molecule has 1 fully saturated rings. The third-order valence-electron chi connectivity index (χ3n) is 5.24. The van der Waals surface area contributed by atoms with Crippen LogP contribution in [0.4, 0.5) is 11.4 Å². The summed E-state index contributed by atoms with van der Waals surface area (Å²) < 4.78 is 0. The highest BCUT2D eigenvalue weighted by Gasteiger charge is 2.23. The van der Waals surface area contributed by atoms with Crippen LogP contribution < -0.4 is 10.6 Å². The number of likely N-dealkylation sites (tertiary alicyclic amines) is 1. The largest absolute Gasteiger partial charge is 0.324 e. The van der Waals surface area contributed by atoms with Gasteiger partial charge in [0.2, 0.25) is 5.91 Å². The van der Waals surface area contributed by atoms with Crippen LogP contribution >= 0.6 is 11.8 Å². The third kappa shape index (κ3) is 4.39. The highest BCUT2D eigenvalue weighted by Crippen LogP contribution is 2.36. The van der Waals surface area contributed by atoms with Gasteiger partial charge in [-0.05, 0) is 68.8 Å². The molecule has 5 nitrogen and oxygen atoms in total. The van der Waals surface area contributed by atoms with E-state index in [2.05, 4.69) is 27.7 Å². The zero-order valence-corrected chi connectivity index (χ0v) is 16.8. The second-order valence-electron chi connectivity index (χ2n) is 7.45. The van der Waals surface area contributed by atoms with E-state index in [9.17, 15) is 9.59 Å². The molecule has 2 amide bonds. The number of fused-ring (bicyclic) bond motifs is 1. The summed E-state index contributed by atoms with van der Waals surface area (Å²) in [5.74, 6) is -0.205. The van der Waals surface area contributed by atoms with Gasteiger partial charge in [0.1, 0.15) is 0 Å². The molecule has 146 valence electrons. The van der Waals surface area contributed by atoms with E-state index in [0.29, 0.717) is 11.3 Å². The highest BCUT2D eigenvalue weighted by molar-refractivity contribution is 8.00. The number of anilines is 2. The monoisotopic (exact) mass is 395 g/mol. The summed E-state index contributed by atoms with van der Waals surface area (Å²) in [7, 11) is 0. The number of thioether (sulfide) groups is 1. The van der Waals surface area contributed by atoms with E-state index in [1.54, 1.807) is 12.1 Å². The molecule has 28 heavy (non-hydrogen) atoms. The fourth-order valence-electron chi connectivity index (χ4n) is 3.62. The van der Waals surface area contributed by atoms with Gasteiger partial charge < -0.3 is 10.6 Å². The minimum Gasteiger partial charge on any atom is -0.324 e. The molecule has 0 aliphatic carbocycles. The number of carbonyl (C=O) groups is 2. The van der Waals surface area contributed by atoms with Crippen molar-refractivity contribution in [3.63, 3.8) is 0 Å². The van der Waals surface area contributed by atoms with Crippen LogP contribution in [0.5, 0.6) is 0 Å². The normalized spacial score (nSPS) is 19.6. The zero-order chi connectivity index (χ0) is 19.5. The summed E-state index contributed by atoms with van der Waals surface area (Å²) >= 11 is 1.51. The molecule has 2 aliphatic rings. The van der Waals surface area contributed by atoms with Crippen molar-refractivity contribution in [1.29, 1.82) is 0 Å². The molecular weight excluding hydrogens is 370 g/mol. The van der Waals surface area contributed by atoms with E-state index >= 15 is 0 Å². The molecule has 0 bridgehead atoms. The first-order chi connectivity index (χ1) is 13.6. The Bertz CT molecular complexity index is 876. The number of hydrogen-bond acceptors (Lipinski definition) is 4. The third-order valence-corrected chi connectivity index (χ3v) is 6.42. The molecule has 1 saturated heterocycles. The first-order valence-electron chi connectivity index (χ1n) is 9.83. The summed E-state index contributed by atoms with van der Waals surface area (Å²) in [5, 5.41) is 5.70. The van der Waals surface area contributed by atoms with Crippen molar-refractivity contribution in [2.45, 2.75) is 42.9 Å². The molecule has 1 unspecified atom stereocenters. The van der Waals surface area contributed by atoms with E-state index in [0.717, 1.165) is 17.1 Å². The molecule has 0 saturated carbocycles. The topological polar surface area (TPSA) is 61.4 Å². The van der Waals surface area contributed by atoms with Crippen LogP contribution in [-0.4, -0.2) is 35.1 Å². The Labute approximate surface area is 169 Å². The summed E-state index contributed by atoms with van der Waals surface area (Å²) in [6.07, 6.45) is 3.91. The summed E-state index contributed by atoms with van der Waals surface area (Å²) in [6.45, 7) is 5.18. The van der Waals surface area contributed by atoms with Gasteiger partial charge in [-0.3, -0.25) is 14.5 Å². The first-order valence-corrected chi connectivity index (χ1v) is 10.7. The number of nitrogens with one attached hydrogen (secondary N) is 2. The number of piperidine rings is 1. The van der Waals surface area contributed by atoms with E-state index < -0.39 is 0 Å². The number of rotatable bonds is 4. The lowest BCUT2D eigenvalue weighted by atomic mass is 10.1. The Kier molecular flexibility index (Phi) is 5.69. The lowest BCUT2D eigenvalue weighted by Gasteiger charge is -2.26. The zero-order valence-electron chi connectivity index (χ0n) is 16.0. The van der Waals surface area contributed by atoms with Gasteiger partial charge >= 0.3 is 0 Å². The Balaban J connectivity index is 1.39. The number of hydrogen-bond donors (Lipinski definition) is 2. The fraction of sp³-hybridized carbons (Fsp3) is 0.364. The minimum absolute atomic E-state index is 0.0284. The molecule has 2 aromatic carbocycles. The van der Waals surface area contributed by atoms with E-state index in [4.69, 9.17) is 0 Å². The SMILES string of the molecule is CC1Sc2ccc(C(=O)Nc3ccc(CN4CCCCC4)cc3)cc2NC1=O. The van der Waals surface area contributed by atoms with E-state index in [1.807, 2.05) is 25.1 Å². The first kappa shape index (κ1) is 19.0. The van der Waals surface area contributed by atoms with E-state index in [1.165, 1.54) is 49.7 Å². The quantitative estimate of drug-likeness (QED) is 0.808. The summed E-state index contributed by atoms with van der Waals surface area (Å²) in [4.78, 5) is 28.0. The van der Waals surface area contributed by atoms with Crippen LogP contribution in [0, 0.1) is 0 Å². The van der Waals surface area contributed by atoms with Crippen LogP contribution in [0.15, 0.2) is 47.4 Å². The predicted octanol–water partition coefficient (Wildman–Crippen LogP) is 4.36. The van der Waals surface area contributed by atoms with Crippen LogP contribution in [0.3, 0.4) is 0 Å². The standard InChI is InChI=1S/C22H25N3O2S/c1-15-21(26)24-19-13-17(7-10-20(19)28-15)22(27)23-18-8-5-16(6-9-18)14-25-11-3-2-4-12-25/h5-10,13,15H,2-4,11-12,14H2,1H3,(H,23,27)(H,24,26). The van der Waals surface area contributed by atoms with Crippen LogP contribution in [-0.2, 0) is 11.3 Å². The van der Waals surface area contributed by atoms with Crippen molar-refractivity contribution >= 4 is 35.0 Å². The van der Waals surface area contributed by atoms with Crippen LogP contribution in [0.25, 0.3) is 0 Å². The van der Waals surface area contributed by atoms with Gasteiger partial charge in [0.15, 0.2) is 0 Å². The fourth-order valence-corrected chi connectivity index (χ4v) is 4.55. The maximum Gasteiger partial charge on any atom is 0.255 e.